The van der Waals surface area contributed by atoms with Gasteiger partial charge in [-0.25, -0.2) is 0 Å². The molecule has 4 heteroatoms. The van der Waals surface area contributed by atoms with E-state index < -0.39 is 0 Å². The minimum atomic E-state index is 0.169. The highest BCUT2D eigenvalue weighted by Crippen LogP contribution is 2.33. The lowest BCUT2D eigenvalue weighted by molar-refractivity contribution is 0.290. The first-order chi connectivity index (χ1) is 10.3. The number of hydrogen-bond acceptors (Lipinski definition) is 4. The fraction of sp³-hybridized carbons (Fsp3) is 0.471. The van der Waals surface area contributed by atoms with E-state index in [9.17, 15) is 5.11 Å². The van der Waals surface area contributed by atoms with E-state index in [0.717, 1.165) is 16.6 Å². The number of nitrogens with two attached hydrogens (primary N) is 1. The number of fused-ring (bicyclic) bond motifs is 1. The van der Waals surface area contributed by atoms with Crippen molar-refractivity contribution in [3.8, 4) is 0 Å². The zero-order chi connectivity index (χ0) is 14.7. The molecule has 0 radical (unpaired) electrons. The fourth-order valence-corrected chi connectivity index (χ4v) is 3.43. The van der Waals surface area contributed by atoms with E-state index in [1.54, 1.807) is 6.20 Å². The fourth-order valence-electron chi connectivity index (χ4n) is 3.43. The van der Waals surface area contributed by atoms with Gasteiger partial charge in [-0.1, -0.05) is 19.3 Å². The lowest BCUT2D eigenvalue weighted by Gasteiger charge is -2.36. The summed E-state index contributed by atoms with van der Waals surface area (Å²) in [6.07, 6.45) is 8.06. The van der Waals surface area contributed by atoms with Crippen molar-refractivity contribution in [1.82, 2.24) is 4.98 Å². The molecular formula is C17H23N3O. The molecular weight excluding hydrogens is 262 g/mol. The molecule has 0 spiro atoms. The lowest BCUT2D eigenvalue weighted by Crippen LogP contribution is -2.39. The first-order valence-electron chi connectivity index (χ1n) is 7.82. The second kappa shape index (κ2) is 6.31. The summed E-state index contributed by atoms with van der Waals surface area (Å²) in [5.74, 6) is 0. The van der Waals surface area contributed by atoms with Gasteiger partial charge in [-0.15, -0.1) is 0 Å². The van der Waals surface area contributed by atoms with Gasteiger partial charge in [0.2, 0.25) is 0 Å². The quantitative estimate of drug-likeness (QED) is 0.848. The molecule has 1 aliphatic carbocycles. The molecule has 0 atom stereocenters. The van der Waals surface area contributed by atoms with Gasteiger partial charge in [0.05, 0.1) is 17.8 Å². The molecule has 1 aromatic heterocycles. The van der Waals surface area contributed by atoms with E-state index in [-0.39, 0.29) is 6.61 Å². The molecule has 1 saturated carbocycles. The van der Waals surface area contributed by atoms with E-state index >= 15 is 0 Å². The van der Waals surface area contributed by atoms with Crippen molar-refractivity contribution in [2.45, 2.75) is 38.1 Å². The number of nitrogens with zero attached hydrogens (tertiary/aromatic N) is 2. The van der Waals surface area contributed by atoms with E-state index in [0.29, 0.717) is 18.3 Å². The molecule has 3 N–H and O–H groups in total. The summed E-state index contributed by atoms with van der Waals surface area (Å²) in [6, 6.07) is 8.53. The molecule has 2 aromatic rings. The largest absolute Gasteiger partial charge is 0.397 e. The highest BCUT2D eigenvalue weighted by molar-refractivity contribution is 5.98. The topological polar surface area (TPSA) is 62.4 Å². The van der Waals surface area contributed by atoms with Gasteiger partial charge in [-0.05, 0) is 37.1 Å². The molecule has 1 fully saturated rings. The maximum absolute atomic E-state index is 9.47. The number of aliphatic hydroxyl groups is 1. The summed E-state index contributed by atoms with van der Waals surface area (Å²) in [4.78, 5) is 6.76. The number of pyridine rings is 1. The molecule has 21 heavy (non-hydrogen) atoms. The maximum Gasteiger partial charge on any atom is 0.0951 e. The van der Waals surface area contributed by atoms with Crippen molar-refractivity contribution in [3.63, 3.8) is 0 Å². The Balaban J connectivity index is 2.04. The van der Waals surface area contributed by atoms with Gasteiger partial charge in [0.25, 0.3) is 0 Å². The van der Waals surface area contributed by atoms with Crippen LogP contribution in [0.5, 0.6) is 0 Å². The summed E-state index contributed by atoms with van der Waals surface area (Å²) < 4.78 is 0. The average molecular weight is 285 g/mol. The molecule has 112 valence electrons. The number of benzene rings is 1. The summed E-state index contributed by atoms with van der Waals surface area (Å²) in [6.45, 7) is 0.835. The zero-order valence-corrected chi connectivity index (χ0v) is 12.3. The van der Waals surface area contributed by atoms with Crippen molar-refractivity contribution in [3.05, 3.63) is 30.5 Å². The third-order valence-corrected chi connectivity index (χ3v) is 4.44. The molecule has 4 nitrogen and oxygen atoms in total. The highest BCUT2D eigenvalue weighted by Gasteiger charge is 2.22. The molecule has 0 bridgehead atoms. The van der Waals surface area contributed by atoms with Crippen molar-refractivity contribution >= 4 is 22.3 Å². The van der Waals surface area contributed by atoms with Crippen molar-refractivity contribution in [2.24, 2.45) is 0 Å². The van der Waals surface area contributed by atoms with Crippen molar-refractivity contribution < 1.29 is 5.11 Å². The normalized spacial score (nSPS) is 16.2. The van der Waals surface area contributed by atoms with Crippen molar-refractivity contribution in [1.29, 1.82) is 0 Å². The van der Waals surface area contributed by atoms with Gasteiger partial charge in [0.15, 0.2) is 0 Å². The number of nitrogen functional groups attached to an aromatic ring is 1. The summed E-state index contributed by atoms with van der Waals surface area (Å²) in [5, 5.41) is 10.6. The Morgan fingerprint density at radius 2 is 2.00 bits per heavy atom. The van der Waals surface area contributed by atoms with E-state index in [1.807, 2.05) is 12.1 Å². The van der Waals surface area contributed by atoms with Crippen LogP contribution in [0.4, 0.5) is 11.4 Å². The minimum Gasteiger partial charge on any atom is -0.397 e. The number of aliphatic hydroxyl groups excluding tert-OH is 1. The zero-order valence-electron chi connectivity index (χ0n) is 12.3. The molecule has 1 aliphatic rings. The van der Waals surface area contributed by atoms with Gasteiger partial charge in [-0.3, -0.25) is 4.98 Å². The van der Waals surface area contributed by atoms with Gasteiger partial charge < -0.3 is 15.7 Å². The third-order valence-electron chi connectivity index (χ3n) is 4.44. The second-order valence-electron chi connectivity index (χ2n) is 5.78. The van der Waals surface area contributed by atoms with Gasteiger partial charge in [0.1, 0.15) is 0 Å². The van der Waals surface area contributed by atoms with Crippen LogP contribution >= 0.6 is 0 Å². The molecule has 0 amide bonds. The summed E-state index contributed by atoms with van der Waals surface area (Å²) >= 11 is 0. The number of aromatic nitrogens is 1. The lowest BCUT2D eigenvalue weighted by atomic mass is 9.93. The Labute approximate surface area is 125 Å². The molecule has 1 aromatic carbocycles. The van der Waals surface area contributed by atoms with Crippen LogP contribution < -0.4 is 10.6 Å². The first-order valence-corrected chi connectivity index (χ1v) is 7.82. The number of hydrogen-bond donors (Lipinski definition) is 2. The van der Waals surface area contributed by atoms with E-state index in [4.69, 9.17) is 5.73 Å². The Kier molecular flexibility index (Phi) is 4.25. The monoisotopic (exact) mass is 285 g/mol. The Hall–Kier alpha value is -1.81. The first kappa shape index (κ1) is 14.1. The molecule has 3 rings (SSSR count). The van der Waals surface area contributed by atoms with Crippen molar-refractivity contribution in [2.75, 3.05) is 23.8 Å². The Morgan fingerprint density at radius 3 is 2.76 bits per heavy atom. The van der Waals surface area contributed by atoms with Gasteiger partial charge in [0, 0.05) is 29.9 Å². The van der Waals surface area contributed by atoms with Crippen LogP contribution in [-0.4, -0.2) is 29.3 Å². The second-order valence-corrected chi connectivity index (χ2v) is 5.78. The van der Waals surface area contributed by atoms with Crippen LogP contribution in [0.1, 0.15) is 32.1 Å². The molecule has 1 heterocycles. The Morgan fingerprint density at radius 1 is 1.19 bits per heavy atom. The molecule has 0 aliphatic heterocycles. The van der Waals surface area contributed by atoms with Gasteiger partial charge in [-0.2, -0.15) is 0 Å². The number of anilines is 2. The SMILES string of the molecule is Nc1ccc(N(CCO)C2CCCCC2)c2cccnc12. The van der Waals surface area contributed by atoms with Crippen LogP contribution in [0, 0.1) is 0 Å². The average Bonchev–Trinajstić information content (AvgIpc) is 2.55. The van der Waals surface area contributed by atoms with E-state index in [2.05, 4.69) is 22.0 Å². The van der Waals surface area contributed by atoms with Gasteiger partial charge >= 0.3 is 0 Å². The summed E-state index contributed by atoms with van der Waals surface area (Å²) in [7, 11) is 0. The maximum atomic E-state index is 9.47. The smallest absolute Gasteiger partial charge is 0.0951 e. The molecule has 0 unspecified atom stereocenters. The van der Waals surface area contributed by atoms with Crippen LogP contribution in [0.25, 0.3) is 10.9 Å². The predicted molar refractivity (Wildman–Crippen MR) is 87.5 cm³/mol. The summed E-state index contributed by atoms with van der Waals surface area (Å²) in [5.41, 5.74) is 8.76. The van der Waals surface area contributed by atoms with Crippen LogP contribution in [-0.2, 0) is 0 Å². The van der Waals surface area contributed by atoms with Crippen LogP contribution in [0.2, 0.25) is 0 Å². The molecule has 0 saturated heterocycles. The minimum absolute atomic E-state index is 0.169. The predicted octanol–water partition coefficient (Wildman–Crippen LogP) is 2.95. The third kappa shape index (κ3) is 2.81. The highest BCUT2D eigenvalue weighted by atomic mass is 16.3. The standard InChI is InChI=1S/C17H23N3O/c18-15-8-9-16(14-7-4-10-19-17(14)15)20(11-12-21)13-5-2-1-3-6-13/h4,7-10,13,21H,1-3,5-6,11-12,18H2. The Bertz CT molecular complexity index is 608. The van der Waals surface area contributed by atoms with E-state index in [1.165, 1.54) is 32.1 Å². The number of rotatable bonds is 4. The van der Waals surface area contributed by atoms with Crippen LogP contribution in [0.15, 0.2) is 30.5 Å². The van der Waals surface area contributed by atoms with Crippen LogP contribution in [0.3, 0.4) is 0 Å².